The lowest BCUT2D eigenvalue weighted by atomic mass is 9.68. The molecule has 1 nitrogen and oxygen atoms in total. The van der Waals surface area contributed by atoms with Crippen molar-refractivity contribution in [2.45, 2.75) is 64.8 Å². The van der Waals surface area contributed by atoms with E-state index in [0.29, 0.717) is 29.7 Å². The highest BCUT2D eigenvalue weighted by Gasteiger charge is 2.46. The van der Waals surface area contributed by atoms with Crippen molar-refractivity contribution < 1.29 is 0 Å². The van der Waals surface area contributed by atoms with E-state index in [4.69, 9.17) is 4.99 Å². The van der Waals surface area contributed by atoms with Gasteiger partial charge in [0.1, 0.15) is 0 Å². The fourth-order valence-corrected chi connectivity index (χ4v) is 6.11. The zero-order valence-corrected chi connectivity index (χ0v) is 19.2. The Morgan fingerprint density at radius 3 is 2.32 bits per heavy atom. The fraction of sp³-hybridized carbons (Fsp3) is 0.433. The molecule has 0 saturated heterocycles. The van der Waals surface area contributed by atoms with Crippen molar-refractivity contribution in [3.63, 3.8) is 0 Å². The lowest BCUT2D eigenvalue weighted by Gasteiger charge is -2.33. The van der Waals surface area contributed by atoms with Gasteiger partial charge in [0.25, 0.3) is 0 Å². The number of allylic oxidation sites excluding steroid dienone is 3. The van der Waals surface area contributed by atoms with E-state index in [0.717, 1.165) is 12.8 Å². The minimum atomic E-state index is 0.368. The Morgan fingerprint density at radius 1 is 0.935 bits per heavy atom. The SMILES string of the molecule is Cc1ccc(CC2CCCC3C2=NC(C(C)C2=CC=CC2)C3c2ccc(C)cc2)cc1. The summed E-state index contributed by atoms with van der Waals surface area (Å²) in [6.45, 7) is 6.78. The van der Waals surface area contributed by atoms with Crippen LogP contribution in [0.3, 0.4) is 0 Å². The number of hydrogen-bond donors (Lipinski definition) is 0. The molecular weight excluding hydrogens is 374 g/mol. The van der Waals surface area contributed by atoms with Crippen molar-refractivity contribution in [1.82, 2.24) is 0 Å². The van der Waals surface area contributed by atoms with Crippen LogP contribution in [0.15, 0.2) is 77.3 Å². The monoisotopic (exact) mass is 409 g/mol. The molecule has 160 valence electrons. The second-order valence-corrected chi connectivity index (χ2v) is 10.1. The van der Waals surface area contributed by atoms with Crippen LogP contribution in [0.5, 0.6) is 0 Å². The van der Waals surface area contributed by atoms with E-state index in [-0.39, 0.29) is 0 Å². The second kappa shape index (κ2) is 8.61. The first kappa shape index (κ1) is 20.5. The quantitative estimate of drug-likeness (QED) is 0.488. The molecule has 5 rings (SSSR count). The number of aryl methyl sites for hydroxylation is 2. The highest BCUT2D eigenvalue weighted by atomic mass is 14.9. The van der Waals surface area contributed by atoms with Gasteiger partial charge in [0, 0.05) is 29.4 Å². The van der Waals surface area contributed by atoms with Gasteiger partial charge in [0.2, 0.25) is 0 Å². The summed E-state index contributed by atoms with van der Waals surface area (Å²) in [4.78, 5) is 5.58. The first-order valence-corrected chi connectivity index (χ1v) is 12.2. The number of nitrogens with zero attached hydrogens (tertiary/aromatic N) is 1. The average Bonchev–Trinajstić information content (AvgIpc) is 3.44. The van der Waals surface area contributed by atoms with Gasteiger partial charge in [-0.2, -0.15) is 0 Å². The second-order valence-electron chi connectivity index (χ2n) is 10.1. The van der Waals surface area contributed by atoms with Gasteiger partial charge in [-0.15, -0.1) is 0 Å². The fourth-order valence-electron chi connectivity index (χ4n) is 6.11. The minimum Gasteiger partial charge on any atom is -0.289 e. The van der Waals surface area contributed by atoms with Gasteiger partial charge in [-0.1, -0.05) is 96.8 Å². The van der Waals surface area contributed by atoms with E-state index in [1.54, 1.807) is 5.57 Å². The van der Waals surface area contributed by atoms with Crippen LogP contribution in [0.1, 0.15) is 60.8 Å². The van der Waals surface area contributed by atoms with Crippen LogP contribution in [-0.2, 0) is 6.42 Å². The molecule has 0 N–H and O–H groups in total. The Morgan fingerprint density at radius 2 is 1.65 bits per heavy atom. The van der Waals surface area contributed by atoms with Gasteiger partial charge < -0.3 is 0 Å². The van der Waals surface area contributed by atoms with Gasteiger partial charge in [0.05, 0.1) is 6.04 Å². The average molecular weight is 410 g/mol. The minimum absolute atomic E-state index is 0.368. The van der Waals surface area contributed by atoms with Gasteiger partial charge in [-0.25, -0.2) is 0 Å². The molecule has 1 heteroatoms. The van der Waals surface area contributed by atoms with Gasteiger partial charge in [-0.05, 0) is 50.7 Å². The normalized spacial score (nSPS) is 28.2. The first-order chi connectivity index (χ1) is 15.1. The highest BCUT2D eigenvalue weighted by Crippen LogP contribution is 2.49. The van der Waals surface area contributed by atoms with Crippen LogP contribution in [0.25, 0.3) is 0 Å². The number of fused-ring (bicyclic) bond motifs is 1. The Balaban J connectivity index is 1.48. The maximum absolute atomic E-state index is 5.58. The van der Waals surface area contributed by atoms with Crippen molar-refractivity contribution in [2.75, 3.05) is 0 Å². The number of hydrogen-bond acceptors (Lipinski definition) is 1. The Hall–Kier alpha value is -2.41. The lowest BCUT2D eigenvalue weighted by Crippen LogP contribution is -2.32. The molecule has 3 aliphatic rings. The highest BCUT2D eigenvalue weighted by molar-refractivity contribution is 5.93. The Kier molecular flexibility index (Phi) is 5.69. The largest absolute Gasteiger partial charge is 0.289 e. The van der Waals surface area contributed by atoms with Crippen molar-refractivity contribution in [3.05, 3.63) is 94.6 Å². The van der Waals surface area contributed by atoms with Crippen molar-refractivity contribution in [1.29, 1.82) is 0 Å². The van der Waals surface area contributed by atoms with E-state index in [9.17, 15) is 0 Å². The molecule has 1 heterocycles. The number of rotatable bonds is 5. The Labute approximate surface area is 188 Å². The van der Waals surface area contributed by atoms with Crippen LogP contribution in [-0.4, -0.2) is 11.8 Å². The molecule has 5 atom stereocenters. The maximum Gasteiger partial charge on any atom is 0.0636 e. The summed E-state index contributed by atoms with van der Waals surface area (Å²) < 4.78 is 0. The van der Waals surface area contributed by atoms with Gasteiger partial charge in [-0.3, -0.25) is 4.99 Å². The summed E-state index contributed by atoms with van der Waals surface area (Å²) in [6, 6.07) is 18.9. The molecule has 1 saturated carbocycles. The molecule has 1 fully saturated rings. The van der Waals surface area contributed by atoms with E-state index in [2.05, 4.69) is 87.5 Å². The molecule has 0 amide bonds. The molecular formula is C30H35N. The molecule has 0 spiro atoms. The van der Waals surface area contributed by atoms with Crippen LogP contribution < -0.4 is 0 Å². The molecule has 31 heavy (non-hydrogen) atoms. The molecule has 0 aromatic heterocycles. The molecule has 0 bridgehead atoms. The summed E-state index contributed by atoms with van der Waals surface area (Å²) in [5, 5.41) is 0. The topological polar surface area (TPSA) is 12.4 Å². The van der Waals surface area contributed by atoms with Gasteiger partial charge >= 0.3 is 0 Å². The summed E-state index contributed by atoms with van der Waals surface area (Å²) in [5.41, 5.74) is 8.73. The molecule has 1 aliphatic heterocycles. The van der Waals surface area contributed by atoms with E-state index >= 15 is 0 Å². The predicted octanol–water partition coefficient (Wildman–Crippen LogP) is 7.39. The molecule has 5 unspecified atom stereocenters. The van der Waals surface area contributed by atoms with Crippen LogP contribution in [0.2, 0.25) is 0 Å². The third-order valence-corrected chi connectivity index (χ3v) is 7.93. The number of benzene rings is 2. The predicted molar refractivity (Wildman–Crippen MR) is 132 cm³/mol. The Bertz CT molecular complexity index is 1010. The van der Waals surface area contributed by atoms with Crippen LogP contribution >= 0.6 is 0 Å². The molecule has 0 radical (unpaired) electrons. The standard InChI is InChI=1S/C30H35N/c1-20-11-15-23(16-12-20)19-26-9-6-10-27-28(25-17-13-21(2)14-18-25)29(31-30(26)27)22(3)24-7-4-5-8-24/h4-5,7,11-18,22,26-29H,6,8-10,19H2,1-3H3. The molecule has 2 aliphatic carbocycles. The van der Waals surface area contributed by atoms with Crippen LogP contribution in [0.4, 0.5) is 0 Å². The van der Waals surface area contributed by atoms with Crippen molar-refractivity contribution in [3.8, 4) is 0 Å². The summed E-state index contributed by atoms with van der Waals surface area (Å²) in [7, 11) is 0. The summed E-state index contributed by atoms with van der Waals surface area (Å²) >= 11 is 0. The molecule has 2 aromatic carbocycles. The zero-order chi connectivity index (χ0) is 21.4. The number of aliphatic imine (C=N–C) groups is 1. The third-order valence-electron chi connectivity index (χ3n) is 7.93. The van der Waals surface area contributed by atoms with E-state index < -0.39 is 0 Å². The van der Waals surface area contributed by atoms with Gasteiger partial charge in [0.15, 0.2) is 0 Å². The molecule has 2 aromatic rings. The van der Waals surface area contributed by atoms with E-state index in [1.165, 1.54) is 47.2 Å². The van der Waals surface area contributed by atoms with Crippen LogP contribution in [0, 0.1) is 31.6 Å². The first-order valence-electron chi connectivity index (χ1n) is 12.2. The van der Waals surface area contributed by atoms with Crippen molar-refractivity contribution >= 4 is 5.71 Å². The lowest BCUT2D eigenvalue weighted by molar-refractivity contribution is 0.367. The van der Waals surface area contributed by atoms with Crippen molar-refractivity contribution in [2.24, 2.45) is 22.7 Å². The zero-order valence-electron chi connectivity index (χ0n) is 19.2. The smallest absolute Gasteiger partial charge is 0.0636 e. The van der Waals surface area contributed by atoms with E-state index in [1.807, 2.05) is 0 Å². The maximum atomic E-state index is 5.58. The summed E-state index contributed by atoms with van der Waals surface area (Å²) in [6.07, 6.45) is 13.0. The third kappa shape index (κ3) is 4.07. The summed E-state index contributed by atoms with van der Waals surface area (Å²) in [5.74, 6) is 2.23.